The van der Waals surface area contributed by atoms with Crippen LogP contribution in [0.15, 0.2) is 22.7 Å². The highest BCUT2D eigenvalue weighted by Crippen LogP contribution is 2.20. The maximum absolute atomic E-state index is 11.9. The van der Waals surface area contributed by atoms with Crippen molar-refractivity contribution >= 4 is 33.4 Å². The number of morpholine rings is 1. The van der Waals surface area contributed by atoms with Crippen LogP contribution >= 0.6 is 27.5 Å². The molecule has 1 N–H and O–H groups in total. The van der Waals surface area contributed by atoms with E-state index >= 15 is 0 Å². The Kier molecular flexibility index (Phi) is 6.29. The minimum atomic E-state index is 0.186. The fraction of sp³-hybridized carbons (Fsp3) is 0.500. The highest BCUT2D eigenvalue weighted by atomic mass is 79.9. The number of nitrogens with one attached hydrogen (secondary N) is 1. The number of carbonyl (C=O) groups excluding carboxylic acids is 1. The van der Waals surface area contributed by atoms with Gasteiger partial charge in [0.2, 0.25) is 5.91 Å². The Bertz CT molecular complexity index is 464. The molecule has 1 amide bonds. The largest absolute Gasteiger partial charge is 0.378 e. The molecule has 0 aromatic heterocycles. The van der Waals surface area contributed by atoms with E-state index in [4.69, 9.17) is 16.3 Å². The predicted molar refractivity (Wildman–Crippen MR) is 82.9 cm³/mol. The third kappa shape index (κ3) is 4.74. The smallest absolute Gasteiger partial charge is 0.224 e. The standard InChI is InChI=1S/C14H18BrClN2O2/c15-13-2-1-12(16)9-11(13)10-17-4-3-14(19)18-5-7-20-8-6-18/h1-2,9,17H,3-8,10H2. The molecule has 110 valence electrons. The second kappa shape index (κ2) is 7.98. The first kappa shape index (κ1) is 15.8. The Morgan fingerprint density at radius 2 is 2.15 bits per heavy atom. The molecule has 0 atom stereocenters. The van der Waals surface area contributed by atoms with Crippen molar-refractivity contribution in [2.75, 3.05) is 32.8 Å². The summed E-state index contributed by atoms with van der Waals surface area (Å²) < 4.78 is 6.25. The Balaban J connectivity index is 1.70. The lowest BCUT2D eigenvalue weighted by atomic mass is 10.2. The Hall–Kier alpha value is -0.620. The molecule has 6 heteroatoms. The summed E-state index contributed by atoms with van der Waals surface area (Å²) >= 11 is 9.45. The number of hydrogen-bond donors (Lipinski definition) is 1. The first-order valence-corrected chi connectivity index (χ1v) is 7.84. The minimum Gasteiger partial charge on any atom is -0.378 e. The van der Waals surface area contributed by atoms with E-state index in [1.165, 1.54) is 0 Å². The highest BCUT2D eigenvalue weighted by Gasteiger charge is 2.15. The molecule has 0 bridgehead atoms. The molecule has 2 rings (SSSR count). The van der Waals surface area contributed by atoms with Gasteiger partial charge in [-0.25, -0.2) is 0 Å². The Labute approximate surface area is 132 Å². The Morgan fingerprint density at radius 3 is 2.90 bits per heavy atom. The van der Waals surface area contributed by atoms with Gasteiger partial charge < -0.3 is 15.0 Å². The van der Waals surface area contributed by atoms with Gasteiger partial charge in [-0.1, -0.05) is 27.5 Å². The molecule has 1 aliphatic heterocycles. The van der Waals surface area contributed by atoms with Crippen LogP contribution in [-0.4, -0.2) is 43.7 Å². The van der Waals surface area contributed by atoms with Crippen molar-refractivity contribution in [2.45, 2.75) is 13.0 Å². The second-order valence-electron chi connectivity index (χ2n) is 4.66. The lowest BCUT2D eigenvalue weighted by Crippen LogP contribution is -2.41. The van der Waals surface area contributed by atoms with Crippen molar-refractivity contribution in [1.29, 1.82) is 0 Å². The summed E-state index contributed by atoms with van der Waals surface area (Å²) in [7, 11) is 0. The molecule has 1 fully saturated rings. The van der Waals surface area contributed by atoms with Crippen molar-refractivity contribution in [1.82, 2.24) is 10.2 Å². The summed E-state index contributed by atoms with van der Waals surface area (Å²) in [6, 6.07) is 5.69. The maximum Gasteiger partial charge on any atom is 0.224 e. The van der Waals surface area contributed by atoms with Gasteiger partial charge in [-0.15, -0.1) is 0 Å². The lowest BCUT2D eigenvalue weighted by molar-refractivity contribution is -0.135. The molecule has 1 aromatic carbocycles. The number of hydrogen-bond acceptors (Lipinski definition) is 3. The van der Waals surface area contributed by atoms with E-state index in [9.17, 15) is 4.79 Å². The zero-order valence-corrected chi connectivity index (χ0v) is 13.5. The first-order valence-electron chi connectivity index (χ1n) is 6.67. The van der Waals surface area contributed by atoms with E-state index in [1.807, 2.05) is 23.1 Å². The van der Waals surface area contributed by atoms with Gasteiger partial charge in [0, 0.05) is 42.1 Å². The quantitative estimate of drug-likeness (QED) is 0.819. The predicted octanol–water partition coefficient (Wildman–Crippen LogP) is 2.44. The average Bonchev–Trinajstić information content (AvgIpc) is 2.47. The fourth-order valence-electron chi connectivity index (χ4n) is 2.07. The van der Waals surface area contributed by atoms with E-state index in [0.717, 1.165) is 15.1 Å². The third-order valence-electron chi connectivity index (χ3n) is 3.20. The van der Waals surface area contributed by atoms with E-state index in [2.05, 4.69) is 21.2 Å². The van der Waals surface area contributed by atoms with Gasteiger partial charge in [0.15, 0.2) is 0 Å². The number of ether oxygens (including phenoxy) is 1. The van der Waals surface area contributed by atoms with Gasteiger partial charge in [0.1, 0.15) is 0 Å². The lowest BCUT2D eigenvalue weighted by Gasteiger charge is -2.26. The number of carbonyl (C=O) groups is 1. The van der Waals surface area contributed by atoms with Crippen LogP contribution in [0.25, 0.3) is 0 Å². The molecule has 1 aromatic rings. The van der Waals surface area contributed by atoms with Crippen LogP contribution in [0.3, 0.4) is 0 Å². The third-order valence-corrected chi connectivity index (χ3v) is 4.21. The van der Waals surface area contributed by atoms with Crippen LogP contribution in [0.2, 0.25) is 5.02 Å². The number of benzene rings is 1. The van der Waals surface area contributed by atoms with E-state index in [-0.39, 0.29) is 5.91 Å². The van der Waals surface area contributed by atoms with Crippen LogP contribution < -0.4 is 5.32 Å². The number of nitrogens with zero attached hydrogens (tertiary/aromatic N) is 1. The molecule has 4 nitrogen and oxygen atoms in total. The van der Waals surface area contributed by atoms with Crippen molar-refractivity contribution in [3.05, 3.63) is 33.3 Å². The van der Waals surface area contributed by atoms with Crippen LogP contribution in [-0.2, 0) is 16.1 Å². The number of halogens is 2. The zero-order valence-electron chi connectivity index (χ0n) is 11.2. The number of rotatable bonds is 5. The molecule has 0 aliphatic carbocycles. The van der Waals surface area contributed by atoms with E-state index < -0.39 is 0 Å². The number of amides is 1. The summed E-state index contributed by atoms with van der Waals surface area (Å²) in [5.41, 5.74) is 1.09. The maximum atomic E-state index is 11.9. The van der Waals surface area contributed by atoms with Crippen molar-refractivity contribution in [3.8, 4) is 0 Å². The summed E-state index contributed by atoms with van der Waals surface area (Å²) in [6.45, 7) is 4.06. The van der Waals surface area contributed by atoms with Crippen LogP contribution in [0.5, 0.6) is 0 Å². The van der Waals surface area contributed by atoms with Crippen LogP contribution in [0.1, 0.15) is 12.0 Å². The molecule has 20 heavy (non-hydrogen) atoms. The van der Waals surface area contributed by atoms with Gasteiger partial charge in [-0.2, -0.15) is 0 Å². The van der Waals surface area contributed by atoms with Gasteiger partial charge in [-0.05, 0) is 23.8 Å². The van der Waals surface area contributed by atoms with Crippen molar-refractivity contribution < 1.29 is 9.53 Å². The molecule has 0 radical (unpaired) electrons. The zero-order chi connectivity index (χ0) is 14.4. The fourth-order valence-corrected chi connectivity index (χ4v) is 2.65. The molecule has 1 aliphatic rings. The molecule has 1 saturated heterocycles. The van der Waals surface area contributed by atoms with Gasteiger partial charge in [0.25, 0.3) is 0 Å². The summed E-state index contributed by atoms with van der Waals surface area (Å²) in [6.07, 6.45) is 0.512. The van der Waals surface area contributed by atoms with E-state index in [1.54, 1.807) is 0 Å². The second-order valence-corrected chi connectivity index (χ2v) is 5.95. The molecule has 0 saturated carbocycles. The molecule has 0 spiro atoms. The van der Waals surface area contributed by atoms with Gasteiger partial charge in [0.05, 0.1) is 13.2 Å². The average molecular weight is 362 g/mol. The highest BCUT2D eigenvalue weighted by molar-refractivity contribution is 9.10. The normalized spacial score (nSPS) is 15.4. The van der Waals surface area contributed by atoms with Crippen molar-refractivity contribution in [3.63, 3.8) is 0 Å². The molecule has 0 unspecified atom stereocenters. The topological polar surface area (TPSA) is 41.6 Å². The Morgan fingerprint density at radius 1 is 1.40 bits per heavy atom. The monoisotopic (exact) mass is 360 g/mol. The van der Waals surface area contributed by atoms with Gasteiger partial charge in [-0.3, -0.25) is 4.79 Å². The molecule has 1 heterocycles. The summed E-state index contributed by atoms with van der Waals surface area (Å²) in [5, 5.41) is 3.99. The van der Waals surface area contributed by atoms with Crippen molar-refractivity contribution in [2.24, 2.45) is 0 Å². The van der Waals surface area contributed by atoms with Gasteiger partial charge >= 0.3 is 0 Å². The summed E-state index contributed by atoms with van der Waals surface area (Å²) in [5.74, 6) is 0.186. The van der Waals surface area contributed by atoms with Crippen LogP contribution in [0.4, 0.5) is 0 Å². The van der Waals surface area contributed by atoms with Crippen LogP contribution in [0, 0.1) is 0 Å². The van der Waals surface area contributed by atoms with E-state index in [0.29, 0.717) is 45.8 Å². The first-order chi connectivity index (χ1) is 9.66. The SMILES string of the molecule is O=C(CCNCc1cc(Cl)ccc1Br)N1CCOCC1. The molecular formula is C14H18BrClN2O2. The summed E-state index contributed by atoms with van der Waals surface area (Å²) in [4.78, 5) is 13.8. The minimum absolute atomic E-state index is 0.186. The molecular weight excluding hydrogens is 344 g/mol.